The first-order valence-electron chi connectivity index (χ1n) is 8.87. The highest BCUT2D eigenvalue weighted by Crippen LogP contribution is 2.29. The van der Waals surface area contributed by atoms with Gasteiger partial charge in [-0.15, -0.1) is 0 Å². The van der Waals surface area contributed by atoms with Crippen LogP contribution >= 0.6 is 0 Å². The Bertz CT molecular complexity index is 748. The third kappa shape index (κ3) is 3.66. The predicted molar refractivity (Wildman–Crippen MR) is 94.4 cm³/mol. The van der Waals surface area contributed by atoms with Gasteiger partial charge < -0.3 is 14.4 Å². The average Bonchev–Trinajstić information content (AvgIpc) is 3.15. The average molecular weight is 338 g/mol. The number of likely N-dealkylation sites (tertiary alicyclic amines) is 1. The number of pyridine rings is 1. The van der Waals surface area contributed by atoms with E-state index in [0.29, 0.717) is 42.9 Å². The van der Waals surface area contributed by atoms with Crippen LogP contribution in [0.25, 0.3) is 0 Å². The SMILES string of the molecule is O=C(CCN1CCC(c2ccccc2)C1)c1ccc2c(n1)OCCO2. The Labute approximate surface area is 147 Å². The number of Topliss-reactive ketones (excluding diaryl/α,β-unsaturated/α-hetero) is 1. The second kappa shape index (κ2) is 7.23. The number of hydrogen-bond donors (Lipinski definition) is 0. The highest BCUT2D eigenvalue weighted by molar-refractivity contribution is 5.94. The molecule has 1 aromatic heterocycles. The Kier molecular flexibility index (Phi) is 4.65. The first kappa shape index (κ1) is 16.1. The van der Waals surface area contributed by atoms with Crippen molar-refractivity contribution in [1.29, 1.82) is 0 Å². The van der Waals surface area contributed by atoms with E-state index < -0.39 is 0 Å². The lowest BCUT2D eigenvalue weighted by Crippen LogP contribution is -2.24. The molecule has 1 fully saturated rings. The number of nitrogens with zero attached hydrogens (tertiary/aromatic N) is 2. The number of aromatic nitrogens is 1. The molecule has 2 aliphatic heterocycles. The van der Waals surface area contributed by atoms with E-state index in [1.165, 1.54) is 5.56 Å². The van der Waals surface area contributed by atoms with Gasteiger partial charge in [0.25, 0.3) is 5.88 Å². The number of benzene rings is 1. The van der Waals surface area contributed by atoms with Gasteiger partial charge in [-0.1, -0.05) is 30.3 Å². The van der Waals surface area contributed by atoms with Crippen molar-refractivity contribution in [1.82, 2.24) is 9.88 Å². The highest BCUT2D eigenvalue weighted by atomic mass is 16.6. The number of fused-ring (bicyclic) bond motifs is 1. The molecule has 130 valence electrons. The third-order valence-electron chi connectivity index (χ3n) is 4.89. The van der Waals surface area contributed by atoms with E-state index in [1.54, 1.807) is 12.1 Å². The van der Waals surface area contributed by atoms with Crippen LogP contribution in [0.5, 0.6) is 11.6 Å². The van der Waals surface area contributed by atoms with E-state index in [-0.39, 0.29) is 5.78 Å². The molecule has 0 spiro atoms. The van der Waals surface area contributed by atoms with Gasteiger partial charge in [0.15, 0.2) is 11.5 Å². The summed E-state index contributed by atoms with van der Waals surface area (Å²) in [5.74, 6) is 1.68. The van der Waals surface area contributed by atoms with E-state index in [2.05, 4.69) is 40.2 Å². The summed E-state index contributed by atoms with van der Waals surface area (Å²) in [4.78, 5) is 19.1. The molecule has 25 heavy (non-hydrogen) atoms. The lowest BCUT2D eigenvalue weighted by Gasteiger charge is -2.18. The molecular weight excluding hydrogens is 316 g/mol. The molecule has 3 heterocycles. The Balaban J connectivity index is 1.32. The zero-order valence-electron chi connectivity index (χ0n) is 14.2. The third-order valence-corrected chi connectivity index (χ3v) is 4.89. The minimum absolute atomic E-state index is 0.0557. The fourth-order valence-electron chi connectivity index (χ4n) is 3.51. The van der Waals surface area contributed by atoms with Gasteiger partial charge in [0.05, 0.1) is 0 Å². The van der Waals surface area contributed by atoms with E-state index >= 15 is 0 Å². The van der Waals surface area contributed by atoms with Crippen molar-refractivity contribution in [2.24, 2.45) is 0 Å². The molecule has 0 aliphatic carbocycles. The second-order valence-corrected chi connectivity index (χ2v) is 6.57. The lowest BCUT2D eigenvalue weighted by atomic mass is 9.99. The molecule has 1 aromatic carbocycles. The zero-order valence-corrected chi connectivity index (χ0v) is 14.2. The minimum Gasteiger partial charge on any atom is -0.484 e. The summed E-state index contributed by atoms with van der Waals surface area (Å²) in [6, 6.07) is 14.1. The van der Waals surface area contributed by atoms with E-state index in [1.807, 2.05) is 0 Å². The van der Waals surface area contributed by atoms with Crippen LogP contribution in [-0.2, 0) is 0 Å². The fraction of sp³-hybridized carbons (Fsp3) is 0.400. The maximum Gasteiger partial charge on any atom is 0.257 e. The highest BCUT2D eigenvalue weighted by Gasteiger charge is 2.24. The minimum atomic E-state index is 0.0557. The quantitative estimate of drug-likeness (QED) is 0.785. The van der Waals surface area contributed by atoms with Gasteiger partial charge in [0, 0.05) is 19.5 Å². The molecule has 1 unspecified atom stereocenters. The van der Waals surface area contributed by atoms with Gasteiger partial charge in [-0.25, -0.2) is 4.98 Å². The number of carbonyl (C=O) groups is 1. The number of ketones is 1. The molecule has 0 bridgehead atoms. The van der Waals surface area contributed by atoms with Gasteiger partial charge in [-0.2, -0.15) is 0 Å². The Hall–Kier alpha value is -2.40. The molecule has 2 aromatic rings. The Morgan fingerprint density at radius 2 is 1.96 bits per heavy atom. The van der Waals surface area contributed by atoms with Crippen molar-refractivity contribution < 1.29 is 14.3 Å². The van der Waals surface area contributed by atoms with Crippen molar-refractivity contribution in [2.45, 2.75) is 18.8 Å². The topological polar surface area (TPSA) is 51.7 Å². The van der Waals surface area contributed by atoms with Crippen LogP contribution in [0.1, 0.15) is 34.8 Å². The van der Waals surface area contributed by atoms with Crippen LogP contribution in [0.4, 0.5) is 0 Å². The van der Waals surface area contributed by atoms with Crippen LogP contribution in [0.3, 0.4) is 0 Å². The smallest absolute Gasteiger partial charge is 0.257 e. The Morgan fingerprint density at radius 3 is 2.84 bits per heavy atom. The van der Waals surface area contributed by atoms with Crippen molar-refractivity contribution in [3.63, 3.8) is 0 Å². The molecule has 0 saturated carbocycles. The van der Waals surface area contributed by atoms with Gasteiger partial charge in [0.2, 0.25) is 0 Å². The molecule has 5 nitrogen and oxygen atoms in total. The van der Waals surface area contributed by atoms with E-state index in [0.717, 1.165) is 26.1 Å². The summed E-state index contributed by atoms with van der Waals surface area (Å²) >= 11 is 0. The molecule has 0 N–H and O–H groups in total. The van der Waals surface area contributed by atoms with Crippen molar-refractivity contribution in [2.75, 3.05) is 32.8 Å². The van der Waals surface area contributed by atoms with Gasteiger partial charge >= 0.3 is 0 Å². The molecule has 5 heteroatoms. The summed E-state index contributed by atoms with van der Waals surface area (Å²) in [7, 11) is 0. The molecule has 2 aliphatic rings. The number of ether oxygens (including phenoxy) is 2. The van der Waals surface area contributed by atoms with E-state index in [4.69, 9.17) is 9.47 Å². The maximum atomic E-state index is 12.5. The fourth-order valence-corrected chi connectivity index (χ4v) is 3.51. The number of hydrogen-bond acceptors (Lipinski definition) is 5. The summed E-state index contributed by atoms with van der Waals surface area (Å²) < 4.78 is 10.9. The monoisotopic (exact) mass is 338 g/mol. The standard InChI is InChI=1S/C20H22N2O3/c23-18(17-6-7-19-20(21-17)25-13-12-24-19)9-11-22-10-8-16(14-22)15-4-2-1-3-5-15/h1-7,16H,8-14H2. The molecule has 0 amide bonds. The van der Waals surface area contributed by atoms with Gasteiger partial charge in [0.1, 0.15) is 18.9 Å². The van der Waals surface area contributed by atoms with Crippen LogP contribution in [0.2, 0.25) is 0 Å². The maximum absolute atomic E-state index is 12.5. The van der Waals surface area contributed by atoms with Crippen LogP contribution in [0.15, 0.2) is 42.5 Å². The first-order chi connectivity index (χ1) is 12.3. The number of carbonyl (C=O) groups excluding carboxylic acids is 1. The number of rotatable bonds is 5. The summed E-state index contributed by atoms with van der Waals surface area (Å²) in [5, 5.41) is 0. The van der Waals surface area contributed by atoms with Crippen LogP contribution in [-0.4, -0.2) is 48.5 Å². The molecular formula is C20H22N2O3. The van der Waals surface area contributed by atoms with Crippen molar-refractivity contribution in [3.8, 4) is 11.6 Å². The summed E-state index contributed by atoms with van der Waals surface area (Å²) in [6.07, 6.45) is 1.63. The van der Waals surface area contributed by atoms with E-state index in [9.17, 15) is 4.79 Å². The second-order valence-electron chi connectivity index (χ2n) is 6.57. The molecule has 0 radical (unpaired) electrons. The normalized spacial score (nSPS) is 19.8. The van der Waals surface area contributed by atoms with Crippen molar-refractivity contribution >= 4 is 5.78 Å². The van der Waals surface area contributed by atoms with Gasteiger partial charge in [-0.3, -0.25) is 4.79 Å². The largest absolute Gasteiger partial charge is 0.484 e. The summed E-state index contributed by atoms with van der Waals surface area (Å²) in [5.41, 5.74) is 1.85. The molecule has 4 rings (SSSR count). The Morgan fingerprint density at radius 1 is 1.12 bits per heavy atom. The van der Waals surface area contributed by atoms with Crippen LogP contribution in [0, 0.1) is 0 Å². The van der Waals surface area contributed by atoms with Crippen molar-refractivity contribution in [3.05, 3.63) is 53.7 Å². The molecule has 1 atom stereocenters. The summed E-state index contributed by atoms with van der Waals surface area (Å²) in [6.45, 7) is 3.84. The predicted octanol–water partition coefficient (Wildman–Crippen LogP) is 2.92. The van der Waals surface area contributed by atoms with Gasteiger partial charge in [-0.05, 0) is 36.6 Å². The molecule has 1 saturated heterocycles. The first-order valence-corrected chi connectivity index (χ1v) is 8.87. The van der Waals surface area contributed by atoms with Crippen LogP contribution < -0.4 is 9.47 Å². The zero-order chi connectivity index (χ0) is 17.1. The lowest BCUT2D eigenvalue weighted by molar-refractivity contribution is 0.0960.